The van der Waals surface area contributed by atoms with Gasteiger partial charge in [-0.15, -0.1) is 0 Å². The van der Waals surface area contributed by atoms with Crippen molar-refractivity contribution in [3.05, 3.63) is 449 Å². The first-order valence-electron chi connectivity index (χ1n) is 41.7. The summed E-state index contributed by atoms with van der Waals surface area (Å²) >= 11 is 0. The highest BCUT2D eigenvalue weighted by atomic mass is 14.3. The van der Waals surface area contributed by atoms with Crippen LogP contribution >= 0.6 is 0 Å². The average Bonchev–Trinajstić information content (AvgIpc) is 0.700. The van der Waals surface area contributed by atoms with Crippen molar-refractivity contribution < 1.29 is 0 Å². The Hall–Kier alpha value is -15.6. The monoisotopic (exact) mass is 1510 g/mol. The molecule has 0 aliphatic carbocycles. The molecular weight excluding hydrogens is 1440 g/mol. The molecule has 24 aromatic rings. The summed E-state index contributed by atoms with van der Waals surface area (Å²) in [5, 5.41) is 28.9. The van der Waals surface area contributed by atoms with Crippen LogP contribution in [0.1, 0.15) is 0 Å². The molecule has 120 heavy (non-hydrogen) atoms. The summed E-state index contributed by atoms with van der Waals surface area (Å²) in [6.07, 6.45) is 0. The van der Waals surface area contributed by atoms with Crippen LogP contribution in [-0.2, 0) is 0 Å². The van der Waals surface area contributed by atoms with Crippen LogP contribution < -0.4 is 0 Å². The lowest BCUT2D eigenvalue weighted by Gasteiger charge is -2.30. The lowest BCUT2D eigenvalue weighted by Crippen LogP contribution is -2.03. The Bertz CT molecular complexity index is 8330. The van der Waals surface area contributed by atoms with Gasteiger partial charge in [-0.25, -0.2) is 0 Å². The molecular formula is C120H74. The number of rotatable bonds is 11. The quantitative estimate of drug-likeness (QED) is 0.113. The highest BCUT2D eigenvalue weighted by Gasteiger charge is 2.32. The van der Waals surface area contributed by atoms with Gasteiger partial charge in [-0.2, -0.15) is 0 Å². The van der Waals surface area contributed by atoms with Gasteiger partial charge in [-0.3, -0.25) is 0 Å². The highest BCUT2D eigenvalue weighted by molar-refractivity contribution is 6.28. The van der Waals surface area contributed by atoms with E-state index in [4.69, 9.17) is 0 Å². The Morgan fingerprint density at radius 3 is 0.750 bits per heavy atom. The Morgan fingerprint density at radius 2 is 0.317 bits per heavy atom. The molecule has 0 nitrogen and oxygen atoms in total. The van der Waals surface area contributed by atoms with Crippen LogP contribution in [0.4, 0.5) is 0 Å². The molecule has 0 amide bonds. The molecule has 24 rings (SSSR count). The molecule has 24 aromatic carbocycles. The maximum atomic E-state index is 2.57. The van der Waals surface area contributed by atoms with E-state index in [1.54, 1.807) is 0 Å². The molecule has 0 heteroatoms. The van der Waals surface area contributed by atoms with Crippen molar-refractivity contribution in [3.8, 4) is 122 Å². The van der Waals surface area contributed by atoms with Crippen molar-refractivity contribution in [2.24, 2.45) is 0 Å². The summed E-state index contributed by atoms with van der Waals surface area (Å²) in [6.45, 7) is 0. The van der Waals surface area contributed by atoms with Crippen LogP contribution in [0.15, 0.2) is 449 Å². The molecule has 0 radical (unpaired) electrons. The maximum absolute atomic E-state index is 2.57. The maximum Gasteiger partial charge on any atom is -0.00134 e. The van der Waals surface area contributed by atoms with Crippen molar-refractivity contribution in [1.82, 2.24) is 0 Å². The van der Waals surface area contributed by atoms with E-state index < -0.39 is 0 Å². The summed E-state index contributed by atoms with van der Waals surface area (Å²) in [7, 11) is 0. The van der Waals surface area contributed by atoms with E-state index >= 15 is 0 Å². The summed E-state index contributed by atoms with van der Waals surface area (Å²) < 4.78 is 0. The van der Waals surface area contributed by atoms with Gasteiger partial charge in [0, 0.05) is 0 Å². The lowest BCUT2D eigenvalue weighted by atomic mass is 9.73. The van der Waals surface area contributed by atoms with Gasteiger partial charge in [-0.1, -0.05) is 382 Å². The molecule has 0 heterocycles. The van der Waals surface area contributed by atoms with Gasteiger partial charge >= 0.3 is 0 Å². The summed E-state index contributed by atoms with van der Waals surface area (Å²) in [5.41, 5.74) is 25.1. The SMILES string of the molecule is c1ccc(-c2cccc(-c3cc(-c4c(-c5ccc6cc(-c7ccccc7)ccc6c5)c(-c5ccc6c(ccc7c8ccccc8ccc67)c5)c(-c5ccc6c(ccc7c8ccccc8ccc67)c5)c(-c5ccc6c7ccccc7c7ccccc7c6c5)c4-c4ccc5cc(-c6ccccc6)ccc5c4)cc4cc(-c5ccccc5)ccc34)c2)cc1. The molecule has 0 aliphatic rings. The zero-order valence-corrected chi connectivity index (χ0v) is 65.7. The van der Waals surface area contributed by atoms with Crippen molar-refractivity contribution >= 4 is 129 Å². The predicted molar refractivity (Wildman–Crippen MR) is 516 cm³/mol. The largest absolute Gasteiger partial charge is 0.0622 e. The molecule has 0 fully saturated rings. The number of benzene rings is 24. The smallest absolute Gasteiger partial charge is 0.00134 e. The molecule has 0 aromatic heterocycles. The van der Waals surface area contributed by atoms with E-state index in [0.29, 0.717) is 0 Å². The van der Waals surface area contributed by atoms with E-state index in [1.165, 1.54) is 136 Å². The van der Waals surface area contributed by atoms with Crippen molar-refractivity contribution in [2.45, 2.75) is 0 Å². The standard InChI is InChI=1S/C120H74/c1-5-22-75(23-6-1)81-32-21-33-89(66-81)113-74-98(72-97-69-84(50-56-103(97)113)78-28-11-4-12-29-78)120-117(92-46-44-85-64-82(40-42-87(85)67-92)76-24-7-2-8-25-76)115(94-53-57-101-90(70-94)51-61-108-99-34-15-13-30-79(99)48-59-110(101)108)116(95-54-58-102-91(71-95)52-62-109-100-35-16-14-31-80(100)49-60-111(102)109)119(118(120)93-47-45-86-65-83(41-43-88(86)68-93)77-26-9-3-10-27-77)96-55-63-112-106-38-18-17-36-104(106)105-37-19-20-39-107(105)114(112)73-96/h1-74H. The fourth-order valence-electron chi connectivity index (χ4n) is 20.0. The van der Waals surface area contributed by atoms with E-state index in [2.05, 4.69) is 449 Å². The average molecular weight is 1520 g/mol. The fraction of sp³-hybridized carbons (Fsp3) is 0. The molecule has 0 bridgehead atoms. The van der Waals surface area contributed by atoms with E-state index in [0.717, 1.165) is 116 Å². The summed E-state index contributed by atoms with van der Waals surface area (Å²) in [4.78, 5) is 0. The van der Waals surface area contributed by atoms with Crippen LogP contribution in [0.5, 0.6) is 0 Å². The summed E-state index contributed by atoms with van der Waals surface area (Å²) in [5.74, 6) is 0. The first-order chi connectivity index (χ1) is 59.5. The van der Waals surface area contributed by atoms with Gasteiger partial charge in [-0.05, 0) is 318 Å². The normalized spacial score (nSPS) is 11.8. The Kier molecular flexibility index (Phi) is 16.1. The van der Waals surface area contributed by atoms with E-state index in [-0.39, 0.29) is 0 Å². The van der Waals surface area contributed by atoms with Crippen molar-refractivity contribution in [3.63, 3.8) is 0 Å². The van der Waals surface area contributed by atoms with Crippen LogP contribution in [0.2, 0.25) is 0 Å². The first kappa shape index (κ1) is 68.8. The minimum absolute atomic E-state index is 1.10. The first-order valence-corrected chi connectivity index (χ1v) is 41.7. The number of hydrogen-bond acceptors (Lipinski definition) is 0. The van der Waals surface area contributed by atoms with Crippen LogP contribution in [0, 0.1) is 0 Å². The minimum Gasteiger partial charge on any atom is -0.0622 e. The van der Waals surface area contributed by atoms with Crippen LogP contribution in [-0.4, -0.2) is 0 Å². The van der Waals surface area contributed by atoms with Gasteiger partial charge < -0.3 is 0 Å². The molecule has 0 unspecified atom stereocenters. The third kappa shape index (κ3) is 11.5. The highest BCUT2D eigenvalue weighted by Crippen LogP contribution is 2.59. The molecule has 554 valence electrons. The number of fused-ring (bicyclic) bond motifs is 19. The van der Waals surface area contributed by atoms with Gasteiger partial charge in [0.25, 0.3) is 0 Å². The van der Waals surface area contributed by atoms with Crippen molar-refractivity contribution in [2.75, 3.05) is 0 Å². The van der Waals surface area contributed by atoms with Gasteiger partial charge in [0.15, 0.2) is 0 Å². The van der Waals surface area contributed by atoms with Crippen LogP contribution in [0.3, 0.4) is 0 Å². The fourth-order valence-corrected chi connectivity index (χ4v) is 20.0. The second-order valence-corrected chi connectivity index (χ2v) is 32.4. The molecule has 0 aliphatic heterocycles. The number of hydrogen-bond donors (Lipinski definition) is 0. The minimum atomic E-state index is 1.10. The van der Waals surface area contributed by atoms with E-state index in [1.807, 2.05) is 0 Å². The second kappa shape index (κ2) is 28.1. The zero-order valence-electron chi connectivity index (χ0n) is 65.7. The third-order valence-corrected chi connectivity index (χ3v) is 25.7. The molecule has 0 saturated heterocycles. The van der Waals surface area contributed by atoms with Crippen molar-refractivity contribution in [1.29, 1.82) is 0 Å². The lowest BCUT2D eigenvalue weighted by molar-refractivity contribution is 1.54. The summed E-state index contributed by atoms with van der Waals surface area (Å²) in [6, 6.07) is 171. The topological polar surface area (TPSA) is 0 Å². The van der Waals surface area contributed by atoms with Crippen LogP contribution in [0.25, 0.3) is 252 Å². The van der Waals surface area contributed by atoms with Gasteiger partial charge in [0.05, 0.1) is 0 Å². The van der Waals surface area contributed by atoms with E-state index in [9.17, 15) is 0 Å². The molecule has 0 N–H and O–H groups in total. The molecule has 0 spiro atoms. The Balaban J connectivity index is 0.921. The Labute approximate surface area is 695 Å². The third-order valence-electron chi connectivity index (χ3n) is 25.7. The predicted octanol–water partition coefficient (Wildman–Crippen LogP) is 33.9. The molecule has 0 atom stereocenters. The van der Waals surface area contributed by atoms with Gasteiger partial charge in [0.1, 0.15) is 0 Å². The second-order valence-electron chi connectivity index (χ2n) is 32.4. The Morgan fingerprint density at radius 1 is 0.0833 bits per heavy atom. The zero-order chi connectivity index (χ0) is 78.9. The molecule has 0 saturated carbocycles. The van der Waals surface area contributed by atoms with Gasteiger partial charge in [0.2, 0.25) is 0 Å².